The normalized spacial score (nSPS) is 13.0. The number of anilines is 1. The van der Waals surface area contributed by atoms with Gasteiger partial charge in [0.1, 0.15) is 0 Å². The van der Waals surface area contributed by atoms with Crippen LogP contribution in [0.1, 0.15) is 38.8 Å². The summed E-state index contributed by atoms with van der Waals surface area (Å²) in [5, 5.41) is 11.6. The molecule has 5 rings (SSSR count). The van der Waals surface area contributed by atoms with Crippen molar-refractivity contribution in [3.63, 3.8) is 0 Å². The molecule has 1 heterocycles. The molecule has 0 fully saturated rings. The zero-order chi connectivity index (χ0) is 25.2. The van der Waals surface area contributed by atoms with Crippen LogP contribution in [-0.2, 0) is 11.3 Å². The van der Waals surface area contributed by atoms with Crippen LogP contribution in [0.3, 0.4) is 0 Å². The summed E-state index contributed by atoms with van der Waals surface area (Å²) >= 11 is 1.28. The SMILES string of the molecule is C=CCn1c(S[C@@H](C)C(=O)Nc2ccc3c(c2)C(=O)c2ccccc2C3=O)nnc1-c1ccccc1. The Bertz CT molecular complexity index is 1510. The minimum absolute atomic E-state index is 0.197. The van der Waals surface area contributed by atoms with Crippen LogP contribution in [0, 0.1) is 0 Å². The van der Waals surface area contributed by atoms with Crippen LogP contribution in [-0.4, -0.2) is 37.5 Å². The minimum atomic E-state index is -0.504. The number of allylic oxidation sites excluding steroid dienone is 1. The fraction of sp³-hybridized carbons (Fsp3) is 0.107. The standard InChI is InChI=1S/C28H22N4O3S/c1-3-15-32-26(18-9-5-4-6-10-18)30-31-28(32)36-17(2)27(35)29-19-13-14-22-23(16-19)25(34)21-12-8-7-11-20(21)24(22)33/h3-14,16-17H,1,15H2,2H3,(H,29,35)/t17-/m0/s1. The summed E-state index contributed by atoms with van der Waals surface area (Å²) in [6.07, 6.45) is 1.76. The number of aromatic nitrogens is 3. The first-order valence-corrected chi connectivity index (χ1v) is 12.3. The predicted octanol–water partition coefficient (Wildman–Crippen LogP) is 5.03. The lowest BCUT2D eigenvalue weighted by Crippen LogP contribution is -2.24. The molecule has 4 aromatic rings. The highest BCUT2D eigenvalue weighted by atomic mass is 32.2. The predicted molar refractivity (Wildman–Crippen MR) is 139 cm³/mol. The highest BCUT2D eigenvalue weighted by Gasteiger charge is 2.30. The van der Waals surface area contributed by atoms with Gasteiger partial charge >= 0.3 is 0 Å². The number of hydrogen-bond donors (Lipinski definition) is 1. The molecule has 0 radical (unpaired) electrons. The number of ketones is 2. The molecule has 1 atom stereocenters. The summed E-state index contributed by atoms with van der Waals surface area (Å²) < 4.78 is 1.91. The Morgan fingerprint density at radius 1 is 0.944 bits per heavy atom. The number of benzene rings is 3. The van der Waals surface area contributed by atoms with E-state index in [9.17, 15) is 14.4 Å². The van der Waals surface area contributed by atoms with E-state index in [1.165, 1.54) is 11.8 Å². The Kier molecular flexibility index (Phi) is 6.35. The average molecular weight is 495 g/mol. The van der Waals surface area contributed by atoms with E-state index in [1.54, 1.807) is 55.5 Å². The van der Waals surface area contributed by atoms with Crippen LogP contribution in [0.25, 0.3) is 11.4 Å². The molecule has 178 valence electrons. The average Bonchev–Trinajstić information content (AvgIpc) is 3.30. The van der Waals surface area contributed by atoms with Crippen molar-refractivity contribution in [1.29, 1.82) is 0 Å². The van der Waals surface area contributed by atoms with Crippen molar-refractivity contribution in [1.82, 2.24) is 14.8 Å². The number of thioether (sulfide) groups is 1. The van der Waals surface area contributed by atoms with Gasteiger partial charge in [-0.3, -0.25) is 19.0 Å². The highest BCUT2D eigenvalue weighted by Crippen LogP contribution is 2.30. The molecule has 1 N–H and O–H groups in total. The quantitative estimate of drug-likeness (QED) is 0.252. The number of amides is 1. The van der Waals surface area contributed by atoms with Crippen LogP contribution >= 0.6 is 11.8 Å². The molecule has 7 nitrogen and oxygen atoms in total. The summed E-state index contributed by atoms with van der Waals surface area (Å²) in [6.45, 7) is 6.10. The summed E-state index contributed by atoms with van der Waals surface area (Å²) in [5.41, 5.74) is 2.77. The Labute approximate surface area is 212 Å². The van der Waals surface area contributed by atoms with Crippen LogP contribution < -0.4 is 5.32 Å². The van der Waals surface area contributed by atoms with Crippen LogP contribution in [0.15, 0.2) is 90.6 Å². The van der Waals surface area contributed by atoms with Gasteiger partial charge in [-0.05, 0) is 25.1 Å². The Morgan fingerprint density at radius 3 is 2.28 bits per heavy atom. The van der Waals surface area contributed by atoms with Gasteiger partial charge in [-0.15, -0.1) is 16.8 Å². The number of carbonyl (C=O) groups excluding carboxylic acids is 3. The van der Waals surface area contributed by atoms with E-state index in [4.69, 9.17) is 0 Å². The van der Waals surface area contributed by atoms with Gasteiger partial charge in [0.05, 0.1) is 5.25 Å². The largest absolute Gasteiger partial charge is 0.325 e. The molecule has 0 bridgehead atoms. The van der Waals surface area contributed by atoms with Gasteiger partial charge in [0, 0.05) is 40.0 Å². The van der Waals surface area contributed by atoms with Gasteiger partial charge in [0.25, 0.3) is 0 Å². The van der Waals surface area contributed by atoms with E-state index in [1.807, 2.05) is 34.9 Å². The first-order valence-electron chi connectivity index (χ1n) is 11.4. The zero-order valence-corrected chi connectivity index (χ0v) is 20.3. The molecule has 0 aliphatic heterocycles. The van der Waals surface area contributed by atoms with Crippen LogP contribution in [0.5, 0.6) is 0 Å². The molecule has 8 heteroatoms. The van der Waals surface area contributed by atoms with Gasteiger partial charge in [-0.2, -0.15) is 0 Å². The molecule has 1 aliphatic carbocycles. The molecule has 0 saturated heterocycles. The summed E-state index contributed by atoms with van der Waals surface area (Å²) in [6, 6.07) is 21.3. The fourth-order valence-corrected chi connectivity index (χ4v) is 4.96. The van der Waals surface area contributed by atoms with Crippen molar-refractivity contribution in [3.8, 4) is 11.4 Å². The molecular weight excluding hydrogens is 472 g/mol. The first-order chi connectivity index (χ1) is 17.5. The molecule has 0 spiro atoms. The molecule has 36 heavy (non-hydrogen) atoms. The summed E-state index contributed by atoms with van der Waals surface area (Å²) in [4.78, 5) is 38.8. The number of hydrogen-bond acceptors (Lipinski definition) is 6. The van der Waals surface area contributed by atoms with Crippen molar-refractivity contribution in [2.75, 3.05) is 5.32 Å². The minimum Gasteiger partial charge on any atom is -0.325 e. The maximum absolute atomic E-state index is 13.0. The number of fused-ring (bicyclic) bond motifs is 2. The number of nitrogens with zero attached hydrogens (tertiary/aromatic N) is 3. The third kappa shape index (κ3) is 4.27. The lowest BCUT2D eigenvalue weighted by atomic mass is 9.84. The van der Waals surface area contributed by atoms with Crippen molar-refractivity contribution in [2.45, 2.75) is 23.9 Å². The molecule has 1 aromatic heterocycles. The summed E-state index contributed by atoms with van der Waals surface area (Å²) in [7, 11) is 0. The van der Waals surface area contributed by atoms with Gasteiger partial charge in [0.2, 0.25) is 5.91 Å². The van der Waals surface area contributed by atoms with E-state index in [-0.39, 0.29) is 23.0 Å². The van der Waals surface area contributed by atoms with Gasteiger partial charge < -0.3 is 5.32 Å². The van der Waals surface area contributed by atoms with Gasteiger partial charge in [-0.1, -0.05) is 72.4 Å². The van der Waals surface area contributed by atoms with Crippen molar-refractivity contribution in [3.05, 3.63) is 108 Å². The number of carbonyl (C=O) groups is 3. The van der Waals surface area contributed by atoms with E-state index < -0.39 is 5.25 Å². The molecule has 3 aromatic carbocycles. The Hall–Kier alpha value is -4.30. The van der Waals surface area contributed by atoms with Gasteiger partial charge in [0.15, 0.2) is 22.5 Å². The topological polar surface area (TPSA) is 94.0 Å². The van der Waals surface area contributed by atoms with Crippen LogP contribution in [0.4, 0.5) is 5.69 Å². The van der Waals surface area contributed by atoms with Crippen molar-refractivity contribution in [2.24, 2.45) is 0 Å². The van der Waals surface area contributed by atoms with E-state index in [2.05, 4.69) is 22.1 Å². The monoisotopic (exact) mass is 494 g/mol. The van der Waals surface area contributed by atoms with Crippen molar-refractivity contribution < 1.29 is 14.4 Å². The molecule has 1 aliphatic rings. The number of nitrogens with one attached hydrogen (secondary N) is 1. The van der Waals surface area contributed by atoms with Gasteiger partial charge in [-0.25, -0.2) is 0 Å². The fourth-order valence-electron chi connectivity index (χ4n) is 4.10. The lowest BCUT2D eigenvalue weighted by molar-refractivity contribution is -0.115. The smallest absolute Gasteiger partial charge is 0.237 e. The number of rotatable bonds is 7. The van der Waals surface area contributed by atoms with E-state index >= 15 is 0 Å². The second-order valence-electron chi connectivity index (χ2n) is 8.29. The van der Waals surface area contributed by atoms with Crippen molar-refractivity contribution >= 4 is 34.9 Å². The third-order valence-electron chi connectivity index (χ3n) is 5.90. The van der Waals surface area contributed by atoms with Crippen LogP contribution in [0.2, 0.25) is 0 Å². The molecule has 1 amide bonds. The molecular formula is C28H22N4O3S. The Morgan fingerprint density at radius 2 is 1.58 bits per heavy atom. The first kappa shape index (κ1) is 23.4. The molecule has 0 saturated carbocycles. The second kappa shape index (κ2) is 9.75. The zero-order valence-electron chi connectivity index (χ0n) is 19.5. The maximum atomic E-state index is 13.0. The Balaban J connectivity index is 1.34. The second-order valence-corrected chi connectivity index (χ2v) is 9.59. The maximum Gasteiger partial charge on any atom is 0.237 e. The summed E-state index contributed by atoms with van der Waals surface area (Å²) in [5.74, 6) is 0.00979. The van der Waals surface area contributed by atoms with E-state index in [0.717, 1.165) is 5.56 Å². The third-order valence-corrected chi connectivity index (χ3v) is 6.99. The highest BCUT2D eigenvalue weighted by molar-refractivity contribution is 8.00. The van der Waals surface area contributed by atoms with E-state index in [0.29, 0.717) is 39.9 Å². The lowest BCUT2D eigenvalue weighted by Gasteiger charge is -2.18. The molecule has 0 unspecified atom stereocenters.